The van der Waals surface area contributed by atoms with Gasteiger partial charge < -0.3 is 20.1 Å². The van der Waals surface area contributed by atoms with E-state index in [4.69, 9.17) is 9.47 Å². The van der Waals surface area contributed by atoms with Crippen molar-refractivity contribution in [2.75, 3.05) is 7.11 Å². The average Bonchev–Trinajstić information content (AvgIpc) is 2.69. The lowest BCUT2D eigenvalue weighted by atomic mass is 9.93. The summed E-state index contributed by atoms with van der Waals surface area (Å²) in [7, 11) is 1.53. The van der Waals surface area contributed by atoms with E-state index in [1.54, 1.807) is 24.5 Å². The predicted octanol–water partition coefficient (Wildman–Crippen LogP) is 2.81. The first-order valence-electron chi connectivity index (χ1n) is 8.94. The number of rotatable bonds is 6. The van der Waals surface area contributed by atoms with Gasteiger partial charge >= 0.3 is 6.03 Å². The van der Waals surface area contributed by atoms with Gasteiger partial charge in [-0.05, 0) is 43.4 Å². The molecule has 8 heteroatoms. The first kappa shape index (κ1) is 18.9. The Labute approximate surface area is 157 Å². The number of nitrogens with one attached hydrogen (secondary N) is 2. The molecule has 0 radical (unpaired) electrons. The van der Waals surface area contributed by atoms with Crippen molar-refractivity contribution in [2.45, 2.75) is 44.4 Å². The van der Waals surface area contributed by atoms with Crippen molar-refractivity contribution in [3.05, 3.63) is 48.0 Å². The second kappa shape index (κ2) is 9.16. The van der Waals surface area contributed by atoms with Crippen molar-refractivity contribution in [2.24, 2.45) is 0 Å². The number of aromatic nitrogens is 2. The van der Waals surface area contributed by atoms with Crippen LogP contribution in [0.25, 0.3) is 0 Å². The van der Waals surface area contributed by atoms with E-state index in [0.29, 0.717) is 18.3 Å². The van der Waals surface area contributed by atoms with Crippen molar-refractivity contribution in [1.82, 2.24) is 20.6 Å². The number of amides is 2. The number of carbonyl (C=O) groups is 1. The summed E-state index contributed by atoms with van der Waals surface area (Å²) in [6.45, 7) is 0.358. The highest BCUT2D eigenvalue weighted by molar-refractivity contribution is 5.74. The van der Waals surface area contributed by atoms with Gasteiger partial charge in [0.15, 0.2) is 0 Å². The topological polar surface area (TPSA) is 85.4 Å². The zero-order valence-corrected chi connectivity index (χ0v) is 15.2. The van der Waals surface area contributed by atoms with E-state index >= 15 is 0 Å². The lowest BCUT2D eigenvalue weighted by Gasteiger charge is -2.29. The quantitative estimate of drug-likeness (QED) is 0.812. The number of halogens is 1. The van der Waals surface area contributed by atoms with Crippen LogP contribution >= 0.6 is 0 Å². The van der Waals surface area contributed by atoms with Crippen LogP contribution < -0.4 is 20.1 Å². The molecule has 7 nitrogen and oxygen atoms in total. The van der Waals surface area contributed by atoms with Gasteiger partial charge in [-0.25, -0.2) is 19.2 Å². The summed E-state index contributed by atoms with van der Waals surface area (Å²) in [6.07, 6.45) is 6.39. The molecule has 1 heterocycles. The van der Waals surface area contributed by atoms with Crippen LogP contribution in [0.3, 0.4) is 0 Å². The van der Waals surface area contributed by atoms with Gasteiger partial charge in [-0.1, -0.05) is 12.1 Å². The summed E-state index contributed by atoms with van der Waals surface area (Å²) in [5, 5.41) is 5.77. The van der Waals surface area contributed by atoms with E-state index in [-0.39, 0.29) is 24.0 Å². The molecule has 2 N–H and O–H groups in total. The molecule has 0 saturated heterocycles. The number of hydrogen-bond acceptors (Lipinski definition) is 5. The predicted molar refractivity (Wildman–Crippen MR) is 97.0 cm³/mol. The molecule has 144 valence electrons. The van der Waals surface area contributed by atoms with Crippen molar-refractivity contribution in [3.63, 3.8) is 0 Å². The third-order valence-corrected chi connectivity index (χ3v) is 4.48. The summed E-state index contributed by atoms with van der Waals surface area (Å²) >= 11 is 0. The number of hydrogen-bond donors (Lipinski definition) is 2. The monoisotopic (exact) mass is 374 g/mol. The number of benzene rings is 1. The second-order valence-corrected chi connectivity index (χ2v) is 6.42. The number of methoxy groups -OCH3 is 1. The van der Waals surface area contributed by atoms with Gasteiger partial charge in [0.25, 0.3) is 11.8 Å². The van der Waals surface area contributed by atoms with Crippen molar-refractivity contribution in [1.29, 1.82) is 0 Å². The summed E-state index contributed by atoms with van der Waals surface area (Å²) < 4.78 is 23.9. The number of ether oxygens (including phenoxy) is 2. The van der Waals surface area contributed by atoms with Crippen LogP contribution in [0.5, 0.6) is 11.8 Å². The highest BCUT2D eigenvalue weighted by Gasteiger charge is 2.25. The lowest BCUT2D eigenvalue weighted by Crippen LogP contribution is -2.44. The van der Waals surface area contributed by atoms with Crippen LogP contribution in [0.2, 0.25) is 0 Å². The third-order valence-electron chi connectivity index (χ3n) is 4.48. The van der Waals surface area contributed by atoms with E-state index in [1.807, 2.05) is 0 Å². The summed E-state index contributed by atoms with van der Waals surface area (Å²) in [4.78, 5) is 20.3. The van der Waals surface area contributed by atoms with Gasteiger partial charge in [0, 0.05) is 25.0 Å². The minimum Gasteiger partial charge on any atom is -0.477 e. The smallest absolute Gasteiger partial charge is 0.315 e. The average molecular weight is 374 g/mol. The number of urea groups is 1. The Morgan fingerprint density at radius 2 is 1.78 bits per heavy atom. The Morgan fingerprint density at radius 3 is 2.44 bits per heavy atom. The third kappa shape index (κ3) is 5.54. The van der Waals surface area contributed by atoms with E-state index in [0.717, 1.165) is 31.2 Å². The lowest BCUT2D eigenvalue weighted by molar-refractivity contribution is 0.129. The van der Waals surface area contributed by atoms with E-state index in [1.165, 1.54) is 19.2 Å². The second-order valence-electron chi connectivity index (χ2n) is 6.42. The van der Waals surface area contributed by atoms with Crippen LogP contribution in [0, 0.1) is 5.82 Å². The molecule has 0 unspecified atom stereocenters. The van der Waals surface area contributed by atoms with E-state index in [2.05, 4.69) is 20.6 Å². The zero-order chi connectivity index (χ0) is 19.1. The maximum atomic E-state index is 12.9. The van der Waals surface area contributed by atoms with Gasteiger partial charge in [0.05, 0.1) is 7.11 Å². The van der Waals surface area contributed by atoms with Crippen LogP contribution in [-0.4, -0.2) is 35.3 Å². The molecule has 0 bridgehead atoms. The maximum Gasteiger partial charge on any atom is 0.315 e. The highest BCUT2D eigenvalue weighted by Crippen LogP contribution is 2.27. The molecule has 1 aliphatic carbocycles. The Kier molecular flexibility index (Phi) is 6.40. The zero-order valence-electron chi connectivity index (χ0n) is 15.2. The molecule has 1 aliphatic rings. The van der Waals surface area contributed by atoms with Crippen LogP contribution in [-0.2, 0) is 6.54 Å². The highest BCUT2D eigenvalue weighted by atomic mass is 19.1. The van der Waals surface area contributed by atoms with Crippen molar-refractivity contribution < 1.29 is 18.7 Å². The van der Waals surface area contributed by atoms with Crippen molar-refractivity contribution in [3.8, 4) is 11.8 Å². The van der Waals surface area contributed by atoms with Crippen LogP contribution in [0.15, 0.2) is 36.7 Å². The minimum atomic E-state index is -0.290. The summed E-state index contributed by atoms with van der Waals surface area (Å²) in [6, 6.07) is 5.93. The molecule has 0 aliphatic heterocycles. The molecular weight excluding hydrogens is 351 g/mol. The fourth-order valence-corrected chi connectivity index (χ4v) is 3.04. The minimum absolute atomic E-state index is 0.0240. The standard InChI is InChI=1S/C19H23FN4O3/c1-26-17-18(22-11-10-21-17)27-16-8-6-15(7-9-16)24-19(25)23-12-13-2-4-14(20)5-3-13/h2-5,10-11,15-16H,6-9,12H2,1H3,(H2,23,24,25). The van der Waals surface area contributed by atoms with E-state index < -0.39 is 0 Å². The Hall–Kier alpha value is -2.90. The molecule has 1 saturated carbocycles. The fraction of sp³-hybridized carbons (Fsp3) is 0.421. The van der Waals surface area contributed by atoms with Gasteiger partial charge in [-0.3, -0.25) is 0 Å². The fourth-order valence-electron chi connectivity index (χ4n) is 3.04. The number of nitrogens with zero attached hydrogens (tertiary/aromatic N) is 2. The Morgan fingerprint density at radius 1 is 1.11 bits per heavy atom. The first-order chi connectivity index (χ1) is 13.1. The molecule has 1 aromatic carbocycles. The molecule has 27 heavy (non-hydrogen) atoms. The van der Waals surface area contributed by atoms with Gasteiger partial charge in [-0.15, -0.1) is 0 Å². The molecule has 1 aromatic heterocycles. The van der Waals surface area contributed by atoms with Gasteiger partial charge in [-0.2, -0.15) is 0 Å². The summed E-state index contributed by atoms with van der Waals surface area (Å²) in [5.74, 6) is 0.479. The maximum absolute atomic E-state index is 12.9. The molecule has 1 fully saturated rings. The SMILES string of the molecule is COc1nccnc1OC1CCC(NC(=O)NCc2ccc(F)cc2)CC1. The molecule has 0 spiro atoms. The molecule has 2 aromatic rings. The molecule has 2 amide bonds. The normalized spacial score (nSPS) is 19.2. The van der Waals surface area contributed by atoms with Crippen molar-refractivity contribution >= 4 is 6.03 Å². The summed E-state index contributed by atoms with van der Waals surface area (Å²) in [5.41, 5.74) is 0.849. The number of carbonyl (C=O) groups excluding carboxylic acids is 1. The largest absolute Gasteiger partial charge is 0.477 e. The Balaban J connectivity index is 1.40. The van der Waals surface area contributed by atoms with Crippen LogP contribution in [0.1, 0.15) is 31.2 Å². The first-order valence-corrected chi connectivity index (χ1v) is 8.94. The van der Waals surface area contributed by atoms with E-state index in [9.17, 15) is 9.18 Å². The van der Waals surface area contributed by atoms with Gasteiger partial charge in [0.1, 0.15) is 11.9 Å². The Bertz CT molecular complexity index is 749. The molecular formula is C19H23FN4O3. The van der Waals surface area contributed by atoms with Gasteiger partial charge in [0.2, 0.25) is 0 Å². The molecule has 3 rings (SSSR count). The van der Waals surface area contributed by atoms with Crippen LogP contribution in [0.4, 0.5) is 9.18 Å². The molecule has 0 atom stereocenters.